The van der Waals surface area contributed by atoms with Gasteiger partial charge in [0.2, 0.25) is 0 Å². The third-order valence-corrected chi connectivity index (χ3v) is 0. The van der Waals surface area contributed by atoms with E-state index in [9.17, 15) is 0 Å². The molecule has 0 saturated heterocycles. The van der Waals surface area contributed by atoms with Crippen LogP contribution >= 0.6 is 23.4 Å². The van der Waals surface area contributed by atoms with Gasteiger partial charge in [-0.3, -0.25) is 0 Å². The molecule has 0 aromatic rings. The zero-order valence-electron chi connectivity index (χ0n) is 2.62. The topological polar surface area (TPSA) is 0 Å². The summed E-state index contributed by atoms with van der Waals surface area (Å²) >= 11 is 0. The zero-order valence-corrected chi connectivity index (χ0v) is 13.5. The van der Waals surface area contributed by atoms with Crippen LogP contribution in [0.2, 0.25) is 0 Å². The predicted octanol–water partition coefficient (Wildman–Crippen LogP) is -0.748. The Labute approximate surface area is 69.5 Å². The molecule has 0 saturated carbocycles. The fraction of sp³-hybridized carbons (Fsp3) is 0. The fourth-order valence-corrected chi connectivity index (χ4v) is 0. The van der Waals surface area contributed by atoms with E-state index >= 15 is 0 Å². The van der Waals surface area contributed by atoms with E-state index in [4.69, 9.17) is 0 Å². The van der Waals surface area contributed by atoms with Gasteiger partial charge in [0.15, 0.2) is 0 Å². The SMILES string of the molecule is P.S.[PbH2].[Zn]. The molecule has 0 bridgehead atoms. The van der Waals surface area contributed by atoms with E-state index in [1.807, 2.05) is 0 Å². The van der Waals surface area contributed by atoms with E-state index in [1.54, 1.807) is 0 Å². The first-order valence-electron chi connectivity index (χ1n) is 0. The first-order valence-corrected chi connectivity index (χ1v) is 0. The van der Waals surface area contributed by atoms with E-state index in [0.717, 1.165) is 0 Å². The van der Waals surface area contributed by atoms with Gasteiger partial charge >= 0.3 is 27.3 Å². The maximum atomic E-state index is 0. The molecule has 0 aliphatic heterocycles. The maximum Gasteiger partial charge on any atom is 0 e. The quantitative estimate of drug-likeness (QED) is 0.402. The summed E-state index contributed by atoms with van der Waals surface area (Å²) in [7, 11) is 0. The summed E-state index contributed by atoms with van der Waals surface area (Å²) in [5.41, 5.74) is 0. The maximum absolute atomic E-state index is 0. The van der Waals surface area contributed by atoms with Crippen molar-refractivity contribution in [2.24, 2.45) is 0 Å². The van der Waals surface area contributed by atoms with Gasteiger partial charge in [-0.05, 0) is 0 Å². The standard InChI is InChI=1S/H3P.Pb.H2S.Zn.2H/h1H3;;1H2;;;. The van der Waals surface area contributed by atoms with E-state index in [0.29, 0.717) is 0 Å². The van der Waals surface area contributed by atoms with E-state index < -0.39 is 0 Å². The Hall–Kier alpha value is 2.33. The molecule has 0 amide bonds. The van der Waals surface area contributed by atoms with Crippen LogP contribution in [0.15, 0.2) is 0 Å². The van der Waals surface area contributed by atoms with Gasteiger partial charge in [-0.25, -0.2) is 0 Å². The summed E-state index contributed by atoms with van der Waals surface area (Å²) in [4.78, 5) is 0. The molecule has 0 heterocycles. The van der Waals surface area contributed by atoms with Crippen LogP contribution in [0, 0.1) is 0 Å². The van der Waals surface area contributed by atoms with Crippen molar-refractivity contribution in [3.05, 3.63) is 0 Å². The van der Waals surface area contributed by atoms with Crippen LogP contribution in [0.5, 0.6) is 0 Å². The van der Waals surface area contributed by atoms with E-state index in [1.165, 1.54) is 0 Å². The molecule has 24 valence electrons. The minimum Gasteiger partial charge on any atom is 0 e. The van der Waals surface area contributed by atoms with Gasteiger partial charge in [0, 0.05) is 19.5 Å². The van der Waals surface area contributed by atoms with E-state index in [-0.39, 0.29) is 70.2 Å². The average Bonchev–Trinajstić information content (AvgIpc) is 0. The Bertz CT molecular complexity index is 8.00. The summed E-state index contributed by atoms with van der Waals surface area (Å²) < 4.78 is 0. The molecule has 0 aliphatic rings. The molecule has 4 heteroatoms. The van der Waals surface area contributed by atoms with Crippen LogP contribution in [0.4, 0.5) is 0 Å². The zero-order chi connectivity index (χ0) is 0. The van der Waals surface area contributed by atoms with E-state index in [2.05, 4.69) is 0 Å². The molecular weight excluding hydrogens is 336 g/mol. The number of rotatable bonds is 0. The second-order valence-electron chi connectivity index (χ2n) is 0. The first-order chi connectivity index (χ1) is 0. The van der Waals surface area contributed by atoms with Crippen molar-refractivity contribution < 1.29 is 19.5 Å². The Morgan fingerprint density at radius 3 is 1.00 bits per heavy atom. The predicted molar refractivity (Wildman–Crippen MR) is 30.0 cm³/mol. The number of hydrogen-bond acceptors (Lipinski definition) is 0. The van der Waals surface area contributed by atoms with Crippen LogP contribution in [0.25, 0.3) is 0 Å². The molecule has 0 aromatic heterocycles. The van der Waals surface area contributed by atoms with Gasteiger partial charge in [0.1, 0.15) is 0 Å². The normalized spacial score (nSPS) is 0. The Morgan fingerprint density at radius 2 is 1.00 bits per heavy atom. The number of hydrogen-bond donors (Lipinski definition) is 0. The van der Waals surface area contributed by atoms with Crippen LogP contribution < -0.4 is 0 Å². The van der Waals surface area contributed by atoms with Crippen LogP contribution in [-0.2, 0) is 19.5 Å². The summed E-state index contributed by atoms with van der Waals surface area (Å²) in [5, 5.41) is 0. The van der Waals surface area contributed by atoms with Gasteiger partial charge in [0.05, 0.1) is 0 Å². The van der Waals surface area contributed by atoms with Gasteiger partial charge < -0.3 is 0 Å². The van der Waals surface area contributed by atoms with Crippen molar-refractivity contribution >= 4 is 50.7 Å². The molecule has 2 radical (unpaired) electrons. The third-order valence-electron chi connectivity index (χ3n) is 0. The summed E-state index contributed by atoms with van der Waals surface area (Å²) in [6.45, 7) is 0. The molecule has 0 rings (SSSR count). The molecule has 0 nitrogen and oxygen atoms in total. The molecule has 1 unspecified atom stereocenters. The average molecular weight is 343 g/mol. The largest absolute Gasteiger partial charge is 0 e. The first kappa shape index (κ1) is 33.2. The minimum atomic E-state index is 0. The third kappa shape index (κ3) is 8.85. The molecule has 4 heavy (non-hydrogen) atoms. The van der Waals surface area contributed by atoms with Crippen LogP contribution in [0.3, 0.4) is 0 Å². The van der Waals surface area contributed by atoms with Gasteiger partial charge in [-0.15, -0.1) is 0 Å². The van der Waals surface area contributed by atoms with Crippen LogP contribution in [0.1, 0.15) is 0 Å². The summed E-state index contributed by atoms with van der Waals surface area (Å²) in [5.74, 6) is 0. The van der Waals surface area contributed by atoms with Crippen molar-refractivity contribution in [3.8, 4) is 0 Å². The van der Waals surface area contributed by atoms with Crippen molar-refractivity contribution in [2.75, 3.05) is 0 Å². The fourth-order valence-electron chi connectivity index (χ4n) is 0. The van der Waals surface area contributed by atoms with Gasteiger partial charge in [-0.1, -0.05) is 0 Å². The Balaban J connectivity index is 0. The van der Waals surface area contributed by atoms with Crippen molar-refractivity contribution in [1.82, 2.24) is 0 Å². The Morgan fingerprint density at radius 1 is 1.00 bits per heavy atom. The second kappa shape index (κ2) is 18.4. The van der Waals surface area contributed by atoms with Crippen LogP contribution in [-0.4, -0.2) is 27.3 Å². The molecule has 1 atom stereocenters. The van der Waals surface area contributed by atoms with Crippen molar-refractivity contribution in [2.45, 2.75) is 0 Å². The van der Waals surface area contributed by atoms with Crippen molar-refractivity contribution in [3.63, 3.8) is 0 Å². The molecule has 0 aliphatic carbocycles. The summed E-state index contributed by atoms with van der Waals surface area (Å²) in [6, 6.07) is 0. The minimum absolute atomic E-state index is 0. The van der Waals surface area contributed by atoms with Crippen molar-refractivity contribution in [1.29, 1.82) is 0 Å². The molecule has 0 aromatic carbocycles. The Kier molecular flexibility index (Phi) is 153. The molecular formula is H7PPbSZn. The summed E-state index contributed by atoms with van der Waals surface area (Å²) in [6.07, 6.45) is 0. The monoisotopic (exact) mass is 342 g/mol. The molecule has 0 fully saturated rings. The molecule has 0 spiro atoms. The second-order valence-corrected chi connectivity index (χ2v) is 0. The molecule has 0 N–H and O–H groups in total. The smallest absolute Gasteiger partial charge is 0 e. The van der Waals surface area contributed by atoms with Gasteiger partial charge in [-0.2, -0.15) is 23.4 Å². The van der Waals surface area contributed by atoms with Gasteiger partial charge in [0.25, 0.3) is 0 Å².